The Bertz CT molecular complexity index is 633. The van der Waals surface area contributed by atoms with Crippen LogP contribution in [-0.4, -0.2) is 35.1 Å². The highest BCUT2D eigenvalue weighted by Gasteiger charge is 2.44. The maximum Gasteiger partial charge on any atom is 0.341 e. The molecule has 0 heterocycles. The van der Waals surface area contributed by atoms with E-state index < -0.39 is 5.97 Å². The molecule has 4 atom stereocenters. The molecule has 0 amide bonds. The first-order valence-corrected chi connectivity index (χ1v) is 12.1. The Morgan fingerprint density at radius 1 is 1.14 bits per heavy atom. The van der Waals surface area contributed by atoms with Gasteiger partial charge in [-0.3, -0.25) is 0 Å². The summed E-state index contributed by atoms with van der Waals surface area (Å²) in [5, 5.41) is 19.6. The molecule has 29 heavy (non-hydrogen) atoms. The van der Waals surface area contributed by atoms with E-state index in [0.717, 1.165) is 31.2 Å². The largest absolute Gasteiger partial charge is 0.482 e. The lowest BCUT2D eigenvalue weighted by Gasteiger charge is -2.32. The third-order valence-corrected chi connectivity index (χ3v) is 6.59. The molecule has 0 spiro atoms. The Morgan fingerprint density at radius 3 is 2.59 bits per heavy atom. The predicted molar refractivity (Wildman–Crippen MR) is 121 cm³/mol. The van der Waals surface area contributed by atoms with Crippen molar-refractivity contribution >= 4 is 18.6 Å². The second-order valence-corrected chi connectivity index (χ2v) is 8.43. The van der Waals surface area contributed by atoms with Crippen LogP contribution in [0.1, 0.15) is 69.4 Å². The van der Waals surface area contributed by atoms with Crippen LogP contribution in [0, 0.1) is 17.8 Å². The number of carboxylic acid groups (broad SMARTS) is 1. The monoisotopic (exact) mass is 422 g/mol. The van der Waals surface area contributed by atoms with Crippen molar-refractivity contribution in [2.45, 2.75) is 77.2 Å². The smallest absolute Gasteiger partial charge is 0.341 e. The SMILES string of the molecule is CCCCCCCC[C@@H]1[C@H]2Cc3cccc(OCC(=O)O)c3C[C@H]2C[C@H]1O.CS. The third-order valence-electron chi connectivity index (χ3n) is 6.59. The average Bonchev–Trinajstić information content (AvgIpc) is 3.03. The Hall–Kier alpha value is -1.20. The van der Waals surface area contributed by atoms with Gasteiger partial charge in [0, 0.05) is 0 Å². The Kier molecular flexibility index (Phi) is 10.4. The van der Waals surface area contributed by atoms with E-state index in [-0.39, 0.29) is 12.7 Å². The van der Waals surface area contributed by atoms with Crippen molar-refractivity contribution < 1.29 is 19.7 Å². The van der Waals surface area contributed by atoms with Crippen molar-refractivity contribution in [3.05, 3.63) is 29.3 Å². The van der Waals surface area contributed by atoms with Crippen molar-refractivity contribution in [1.82, 2.24) is 0 Å². The average molecular weight is 423 g/mol. The predicted octanol–water partition coefficient (Wildman–Crippen LogP) is 5.16. The van der Waals surface area contributed by atoms with Crippen LogP contribution in [0.2, 0.25) is 0 Å². The van der Waals surface area contributed by atoms with Gasteiger partial charge in [-0.05, 0) is 66.9 Å². The summed E-state index contributed by atoms with van der Waals surface area (Å²) in [6, 6.07) is 5.98. The fraction of sp³-hybridized carbons (Fsp3) is 0.708. The van der Waals surface area contributed by atoms with E-state index in [1.807, 2.05) is 12.1 Å². The number of thiol groups is 1. The highest BCUT2D eigenvalue weighted by Crippen LogP contribution is 2.48. The van der Waals surface area contributed by atoms with Crippen LogP contribution < -0.4 is 4.74 Å². The zero-order chi connectivity index (χ0) is 21.2. The molecule has 0 aromatic heterocycles. The summed E-state index contributed by atoms with van der Waals surface area (Å²) in [5.74, 6) is 1.22. The number of benzene rings is 1. The van der Waals surface area contributed by atoms with Crippen molar-refractivity contribution in [1.29, 1.82) is 0 Å². The van der Waals surface area contributed by atoms with Crippen molar-refractivity contribution in [3.63, 3.8) is 0 Å². The number of aliphatic hydroxyl groups is 1. The van der Waals surface area contributed by atoms with Gasteiger partial charge in [0.05, 0.1) is 6.10 Å². The molecule has 4 nitrogen and oxygen atoms in total. The quantitative estimate of drug-likeness (QED) is 0.360. The molecule has 2 N–H and O–H groups in total. The van der Waals surface area contributed by atoms with E-state index in [4.69, 9.17) is 9.84 Å². The summed E-state index contributed by atoms with van der Waals surface area (Å²) in [6.45, 7) is 1.95. The minimum Gasteiger partial charge on any atom is -0.482 e. The second-order valence-electron chi connectivity index (χ2n) is 8.43. The maximum absolute atomic E-state index is 10.8. The molecular weight excluding hydrogens is 384 g/mol. The van der Waals surface area contributed by atoms with Crippen LogP contribution in [0.5, 0.6) is 5.75 Å². The summed E-state index contributed by atoms with van der Waals surface area (Å²) in [5.41, 5.74) is 2.44. The van der Waals surface area contributed by atoms with Crippen LogP contribution in [0.15, 0.2) is 18.2 Å². The van der Waals surface area contributed by atoms with E-state index in [1.54, 1.807) is 6.26 Å². The van der Waals surface area contributed by atoms with Crippen molar-refractivity contribution in [2.75, 3.05) is 12.9 Å². The molecular formula is C24H38O4S. The number of carboxylic acids is 1. The van der Waals surface area contributed by atoms with Gasteiger partial charge >= 0.3 is 5.97 Å². The van der Waals surface area contributed by atoms with Gasteiger partial charge in [0.15, 0.2) is 6.61 Å². The number of aliphatic carboxylic acids is 1. The lowest BCUT2D eigenvalue weighted by Crippen LogP contribution is -2.27. The van der Waals surface area contributed by atoms with Gasteiger partial charge in [0.25, 0.3) is 0 Å². The maximum atomic E-state index is 10.8. The van der Waals surface area contributed by atoms with Gasteiger partial charge in [0.2, 0.25) is 0 Å². The van der Waals surface area contributed by atoms with Crippen molar-refractivity contribution in [2.24, 2.45) is 17.8 Å². The van der Waals surface area contributed by atoms with Gasteiger partial charge in [-0.1, -0.05) is 57.6 Å². The zero-order valence-electron chi connectivity index (χ0n) is 18.0. The van der Waals surface area contributed by atoms with E-state index in [2.05, 4.69) is 25.6 Å². The van der Waals surface area contributed by atoms with Gasteiger partial charge in [-0.15, -0.1) is 0 Å². The van der Waals surface area contributed by atoms with Crippen LogP contribution in [-0.2, 0) is 17.6 Å². The lowest BCUT2D eigenvalue weighted by molar-refractivity contribution is -0.139. The first kappa shape index (κ1) is 24.1. The van der Waals surface area contributed by atoms with Gasteiger partial charge in [-0.2, -0.15) is 12.6 Å². The molecule has 3 rings (SSSR count). The molecule has 0 aliphatic heterocycles. The van der Waals surface area contributed by atoms with Crippen molar-refractivity contribution in [3.8, 4) is 5.75 Å². The minimum atomic E-state index is -0.948. The summed E-state index contributed by atoms with van der Waals surface area (Å²) in [6.07, 6.45) is 13.2. The fourth-order valence-corrected chi connectivity index (χ4v) is 5.24. The van der Waals surface area contributed by atoms with E-state index >= 15 is 0 Å². The molecule has 1 fully saturated rings. The lowest BCUT2D eigenvalue weighted by atomic mass is 9.73. The number of unbranched alkanes of at least 4 members (excludes halogenated alkanes) is 5. The molecule has 0 saturated heterocycles. The summed E-state index contributed by atoms with van der Waals surface area (Å²) in [4.78, 5) is 10.8. The van der Waals surface area contributed by atoms with E-state index in [9.17, 15) is 9.90 Å². The molecule has 164 valence electrons. The van der Waals surface area contributed by atoms with Gasteiger partial charge < -0.3 is 14.9 Å². The summed E-state index contributed by atoms with van der Waals surface area (Å²) < 4.78 is 5.52. The molecule has 5 heteroatoms. The molecule has 1 aromatic carbocycles. The third kappa shape index (κ3) is 6.65. The number of ether oxygens (including phenoxy) is 1. The molecule has 1 aromatic rings. The first-order valence-electron chi connectivity index (χ1n) is 11.2. The number of aliphatic hydroxyl groups excluding tert-OH is 1. The number of hydrogen-bond acceptors (Lipinski definition) is 4. The van der Waals surface area contributed by atoms with Crippen LogP contribution in [0.25, 0.3) is 0 Å². The standard InChI is InChI=1S/C23H34O4.CH4S/c1-2-3-4-5-6-7-10-18-19-12-16-9-8-11-22(27-15-23(25)26)20(16)13-17(19)14-21(18)24;1-2/h8-9,11,17-19,21,24H,2-7,10,12-15H2,1H3,(H,25,26);2H,1H3/t17-,18+,19-,21+;/m0./s1. The van der Waals surface area contributed by atoms with E-state index in [0.29, 0.717) is 23.5 Å². The normalized spacial score (nSPS) is 24.8. The number of carbonyl (C=O) groups is 1. The summed E-state index contributed by atoms with van der Waals surface area (Å²) >= 11 is 3.53. The molecule has 0 bridgehead atoms. The highest BCUT2D eigenvalue weighted by atomic mass is 32.1. The number of rotatable bonds is 10. The zero-order valence-corrected chi connectivity index (χ0v) is 18.9. The Balaban J connectivity index is 0.00000145. The second kappa shape index (κ2) is 12.5. The Morgan fingerprint density at radius 2 is 1.86 bits per heavy atom. The summed E-state index contributed by atoms with van der Waals surface area (Å²) in [7, 11) is 0. The van der Waals surface area contributed by atoms with Crippen LogP contribution in [0.3, 0.4) is 0 Å². The van der Waals surface area contributed by atoms with Gasteiger partial charge in [-0.25, -0.2) is 4.79 Å². The topological polar surface area (TPSA) is 66.8 Å². The molecule has 0 radical (unpaired) electrons. The molecule has 2 aliphatic rings. The van der Waals surface area contributed by atoms with Crippen LogP contribution >= 0.6 is 12.6 Å². The van der Waals surface area contributed by atoms with Crippen LogP contribution in [0.4, 0.5) is 0 Å². The minimum absolute atomic E-state index is 0.187. The molecule has 2 aliphatic carbocycles. The highest BCUT2D eigenvalue weighted by molar-refractivity contribution is 7.79. The molecule has 1 saturated carbocycles. The first-order chi connectivity index (χ1) is 14.1. The van der Waals surface area contributed by atoms with Gasteiger partial charge in [0.1, 0.15) is 5.75 Å². The molecule has 0 unspecified atom stereocenters. The number of hydrogen-bond donors (Lipinski definition) is 3. The van der Waals surface area contributed by atoms with E-state index in [1.165, 1.54) is 44.1 Å². The fourth-order valence-electron chi connectivity index (χ4n) is 5.24. The Labute approximate surface area is 181 Å². The number of fused-ring (bicyclic) bond motifs is 2.